The summed E-state index contributed by atoms with van der Waals surface area (Å²) < 4.78 is 10.9. The molecule has 0 radical (unpaired) electrons. The first-order valence-corrected chi connectivity index (χ1v) is 5.97. The second kappa shape index (κ2) is 5.22. The van der Waals surface area contributed by atoms with Crippen LogP contribution in [0.3, 0.4) is 0 Å². The third-order valence-electron chi connectivity index (χ3n) is 2.14. The van der Waals surface area contributed by atoms with Crippen molar-refractivity contribution in [2.75, 3.05) is 12.4 Å². The van der Waals surface area contributed by atoms with Crippen molar-refractivity contribution in [3.05, 3.63) is 45.9 Å². The Morgan fingerprint density at radius 3 is 2.47 bits per heavy atom. The van der Waals surface area contributed by atoms with Crippen LogP contribution >= 0.6 is 22.6 Å². The minimum Gasteiger partial charge on any atom is -0.497 e. The predicted octanol–water partition coefficient (Wildman–Crippen LogP) is 3.15. The standard InChI is InChI=1S/C12H10INO3/c1-16-9-4-2-8(3-5-9)14-12(15)10-6-7-11(13)17-10/h2-7H,1H3,(H,14,15). The van der Waals surface area contributed by atoms with E-state index in [9.17, 15) is 4.79 Å². The molecule has 2 rings (SSSR count). The van der Waals surface area contributed by atoms with Crippen LogP contribution in [-0.2, 0) is 0 Å². The van der Waals surface area contributed by atoms with Crippen molar-refractivity contribution in [3.8, 4) is 5.75 Å². The number of halogens is 1. The van der Waals surface area contributed by atoms with Crippen molar-refractivity contribution in [2.45, 2.75) is 0 Å². The normalized spacial score (nSPS) is 10.0. The van der Waals surface area contributed by atoms with E-state index in [1.807, 2.05) is 22.6 Å². The monoisotopic (exact) mass is 343 g/mol. The summed E-state index contributed by atoms with van der Waals surface area (Å²) in [5.74, 6) is 0.777. The number of hydrogen-bond acceptors (Lipinski definition) is 3. The van der Waals surface area contributed by atoms with Crippen molar-refractivity contribution in [2.24, 2.45) is 0 Å². The minimum absolute atomic E-state index is 0.266. The maximum absolute atomic E-state index is 11.7. The lowest BCUT2D eigenvalue weighted by atomic mass is 10.3. The fourth-order valence-electron chi connectivity index (χ4n) is 1.30. The van der Waals surface area contributed by atoms with Crippen molar-refractivity contribution in [1.29, 1.82) is 0 Å². The van der Waals surface area contributed by atoms with Gasteiger partial charge in [-0.1, -0.05) is 0 Å². The summed E-state index contributed by atoms with van der Waals surface area (Å²) in [6, 6.07) is 10.5. The van der Waals surface area contributed by atoms with Gasteiger partial charge in [0.25, 0.3) is 5.91 Å². The molecule has 1 aromatic heterocycles. The highest BCUT2D eigenvalue weighted by atomic mass is 127. The molecule has 0 bridgehead atoms. The Morgan fingerprint density at radius 1 is 1.24 bits per heavy atom. The van der Waals surface area contributed by atoms with Crippen LogP contribution in [0.25, 0.3) is 0 Å². The summed E-state index contributed by atoms with van der Waals surface area (Å²) in [4.78, 5) is 11.7. The molecule has 0 saturated carbocycles. The van der Waals surface area contributed by atoms with E-state index in [-0.39, 0.29) is 5.91 Å². The molecular formula is C12H10INO3. The number of furan rings is 1. The summed E-state index contributed by atoms with van der Waals surface area (Å²) in [7, 11) is 1.60. The number of carbonyl (C=O) groups excluding carboxylic acids is 1. The molecule has 0 spiro atoms. The number of hydrogen-bond donors (Lipinski definition) is 1. The zero-order valence-corrected chi connectivity index (χ0v) is 11.2. The average Bonchev–Trinajstić information content (AvgIpc) is 2.77. The predicted molar refractivity (Wildman–Crippen MR) is 72.4 cm³/mol. The first kappa shape index (κ1) is 12.0. The Hall–Kier alpha value is -1.50. The third-order valence-corrected chi connectivity index (χ3v) is 2.72. The van der Waals surface area contributed by atoms with Crippen LogP contribution in [0.5, 0.6) is 5.75 Å². The number of amides is 1. The van der Waals surface area contributed by atoms with Gasteiger partial charge in [0.2, 0.25) is 0 Å². The lowest BCUT2D eigenvalue weighted by molar-refractivity contribution is 0.0995. The van der Waals surface area contributed by atoms with Crippen molar-refractivity contribution in [1.82, 2.24) is 0 Å². The Balaban J connectivity index is 2.07. The van der Waals surface area contributed by atoms with Gasteiger partial charge >= 0.3 is 0 Å². The number of carbonyl (C=O) groups is 1. The van der Waals surface area contributed by atoms with Crippen LogP contribution in [0.1, 0.15) is 10.6 Å². The molecule has 4 nitrogen and oxygen atoms in total. The molecule has 1 aromatic carbocycles. The Bertz CT molecular complexity index is 519. The molecule has 0 aliphatic heterocycles. The topological polar surface area (TPSA) is 51.5 Å². The molecule has 0 atom stereocenters. The molecule has 0 saturated heterocycles. The molecule has 1 N–H and O–H groups in total. The molecule has 1 amide bonds. The van der Waals surface area contributed by atoms with E-state index in [1.165, 1.54) is 0 Å². The fourth-order valence-corrected chi connectivity index (χ4v) is 1.72. The van der Waals surface area contributed by atoms with E-state index in [4.69, 9.17) is 9.15 Å². The quantitative estimate of drug-likeness (QED) is 0.872. The fraction of sp³-hybridized carbons (Fsp3) is 0.0833. The van der Waals surface area contributed by atoms with E-state index in [0.717, 1.165) is 5.75 Å². The van der Waals surface area contributed by atoms with Crippen LogP contribution in [0.2, 0.25) is 0 Å². The number of benzene rings is 1. The van der Waals surface area contributed by atoms with Gasteiger partial charge in [-0.3, -0.25) is 4.79 Å². The Morgan fingerprint density at radius 2 is 1.94 bits per heavy atom. The second-order valence-corrected chi connectivity index (χ2v) is 4.35. The highest BCUT2D eigenvalue weighted by Gasteiger charge is 2.10. The molecule has 5 heteroatoms. The summed E-state index contributed by atoms with van der Waals surface area (Å²) in [6.45, 7) is 0. The summed E-state index contributed by atoms with van der Waals surface area (Å²) in [5.41, 5.74) is 0.696. The van der Waals surface area contributed by atoms with Crippen LogP contribution in [0, 0.1) is 3.77 Å². The van der Waals surface area contributed by atoms with Crippen LogP contribution in [0.4, 0.5) is 5.69 Å². The molecule has 0 aliphatic rings. The number of rotatable bonds is 3. The van der Waals surface area contributed by atoms with Gasteiger partial charge < -0.3 is 14.5 Å². The molecule has 17 heavy (non-hydrogen) atoms. The lowest BCUT2D eigenvalue weighted by Crippen LogP contribution is -2.10. The Kier molecular flexibility index (Phi) is 3.68. The van der Waals surface area contributed by atoms with Gasteiger partial charge in [-0.15, -0.1) is 0 Å². The van der Waals surface area contributed by atoms with E-state index in [0.29, 0.717) is 15.2 Å². The van der Waals surface area contributed by atoms with E-state index >= 15 is 0 Å². The van der Waals surface area contributed by atoms with Gasteiger partial charge in [-0.05, 0) is 59.0 Å². The lowest BCUT2D eigenvalue weighted by Gasteiger charge is -2.04. The van der Waals surface area contributed by atoms with Gasteiger partial charge in [-0.2, -0.15) is 0 Å². The maximum atomic E-state index is 11.7. The van der Waals surface area contributed by atoms with Crippen molar-refractivity contribution in [3.63, 3.8) is 0 Å². The smallest absolute Gasteiger partial charge is 0.291 e. The van der Waals surface area contributed by atoms with Gasteiger partial charge in [-0.25, -0.2) is 0 Å². The molecule has 0 fully saturated rings. The number of ether oxygens (including phenoxy) is 1. The van der Waals surface area contributed by atoms with Crippen molar-refractivity contribution >= 4 is 34.2 Å². The highest BCUT2D eigenvalue weighted by molar-refractivity contribution is 14.1. The number of methoxy groups -OCH3 is 1. The van der Waals surface area contributed by atoms with E-state index < -0.39 is 0 Å². The highest BCUT2D eigenvalue weighted by Crippen LogP contribution is 2.17. The van der Waals surface area contributed by atoms with Gasteiger partial charge in [0.15, 0.2) is 9.53 Å². The molecule has 2 aromatic rings. The average molecular weight is 343 g/mol. The molecule has 0 unspecified atom stereocenters. The SMILES string of the molecule is COc1ccc(NC(=O)c2ccc(I)o2)cc1. The summed E-state index contributed by atoms with van der Waals surface area (Å²) in [6.07, 6.45) is 0. The first-order chi connectivity index (χ1) is 8.19. The zero-order valence-electron chi connectivity index (χ0n) is 9.07. The minimum atomic E-state index is -0.266. The van der Waals surface area contributed by atoms with Gasteiger partial charge in [0.1, 0.15) is 5.75 Å². The zero-order chi connectivity index (χ0) is 12.3. The molecule has 88 valence electrons. The second-order valence-electron chi connectivity index (χ2n) is 3.29. The molecule has 1 heterocycles. The van der Waals surface area contributed by atoms with Crippen LogP contribution in [-0.4, -0.2) is 13.0 Å². The maximum Gasteiger partial charge on any atom is 0.291 e. The summed E-state index contributed by atoms with van der Waals surface area (Å²) >= 11 is 2.01. The van der Waals surface area contributed by atoms with Crippen LogP contribution in [0.15, 0.2) is 40.8 Å². The van der Waals surface area contributed by atoms with Gasteiger partial charge in [0.05, 0.1) is 7.11 Å². The third kappa shape index (κ3) is 3.00. The Labute approximate surface area is 112 Å². The van der Waals surface area contributed by atoms with E-state index in [2.05, 4.69) is 5.32 Å². The summed E-state index contributed by atoms with van der Waals surface area (Å²) in [5, 5.41) is 2.73. The largest absolute Gasteiger partial charge is 0.497 e. The van der Waals surface area contributed by atoms with Gasteiger partial charge in [0, 0.05) is 5.69 Å². The van der Waals surface area contributed by atoms with Crippen LogP contribution < -0.4 is 10.1 Å². The van der Waals surface area contributed by atoms with E-state index in [1.54, 1.807) is 43.5 Å². The first-order valence-electron chi connectivity index (χ1n) is 4.90. The number of anilines is 1. The molecule has 0 aliphatic carbocycles. The number of nitrogens with one attached hydrogen (secondary N) is 1. The molecular weight excluding hydrogens is 333 g/mol. The van der Waals surface area contributed by atoms with Crippen molar-refractivity contribution < 1.29 is 13.9 Å².